The van der Waals surface area contributed by atoms with E-state index in [9.17, 15) is 9.90 Å². The van der Waals surface area contributed by atoms with Crippen molar-refractivity contribution in [1.82, 2.24) is 10.6 Å². The van der Waals surface area contributed by atoms with Crippen LogP contribution >= 0.6 is 0 Å². The molecule has 1 fully saturated rings. The Morgan fingerprint density at radius 3 is 2.53 bits per heavy atom. The van der Waals surface area contributed by atoms with E-state index in [4.69, 9.17) is 0 Å². The predicted octanol–water partition coefficient (Wildman–Crippen LogP) is 1.04. The van der Waals surface area contributed by atoms with E-state index in [1.165, 1.54) is 0 Å². The van der Waals surface area contributed by atoms with Gasteiger partial charge in [-0.2, -0.15) is 0 Å². The second kappa shape index (κ2) is 6.97. The molecule has 0 radical (unpaired) electrons. The predicted molar refractivity (Wildman–Crippen MR) is 68.7 cm³/mol. The number of carbonyl (C=O) groups is 1. The first-order valence-electron chi connectivity index (χ1n) is 6.72. The maximum absolute atomic E-state index is 11.8. The third-order valence-electron chi connectivity index (χ3n) is 3.27. The van der Waals surface area contributed by atoms with Gasteiger partial charge in [0.05, 0.1) is 12.1 Å². The van der Waals surface area contributed by atoms with Crippen LogP contribution in [-0.2, 0) is 4.79 Å². The minimum atomic E-state index is -0.302. The Morgan fingerprint density at radius 1 is 1.29 bits per heavy atom. The highest BCUT2D eigenvalue weighted by molar-refractivity contribution is 5.81. The first-order valence-corrected chi connectivity index (χ1v) is 6.72. The van der Waals surface area contributed by atoms with Gasteiger partial charge in [0.2, 0.25) is 5.91 Å². The Labute approximate surface area is 104 Å². The molecule has 0 aliphatic heterocycles. The Balaban J connectivity index is 2.31. The van der Waals surface area contributed by atoms with Crippen molar-refractivity contribution < 1.29 is 9.90 Å². The molecule has 4 heteroatoms. The summed E-state index contributed by atoms with van der Waals surface area (Å²) in [7, 11) is 0. The summed E-state index contributed by atoms with van der Waals surface area (Å²) < 4.78 is 0. The number of hydrogen-bond donors (Lipinski definition) is 3. The summed E-state index contributed by atoms with van der Waals surface area (Å²) in [5, 5.41) is 16.0. The van der Waals surface area contributed by atoms with Crippen LogP contribution in [-0.4, -0.2) is 35.7 Å². The lowest BCUT2D eigenvalue weighted by atomic mass is 9.92. The molecule has 0 heterocycles. The molecular formula is C13H26N2O2. The van der Waals surface area contributed by atoms with E-state index in [1.54, 1.807) is 0 Å². The number of hydrogen-bond acceptors (Lipinski definition) is 3. The minimum absolute atomic E-state index is 0.0245. The molecule has 1 unspecified atom stereocenters. The van der Waals surface area contributed by atoms with Crippen LogP contribution in [0.15, 0.2) is 0 Å². The van der Waals surface area contributed by atoms with Gasteiger partial charge in [0.25, 0.3) is 0 Å². The third-order valence-corrected chi connectivity index (χ3v) is 3.27. The summed E-state index contributed by atoms with van der Waals surface area (Å²) in [5.41, 5.74) is 0. The molecule has 0 spiro atoms. The molecular weight excluding hydrogens is 216 g/mol. The van der Waals surface area contributed by atoms with E-state index in [0.717, 1.165) is 25.7 Å². The number of aliphatic hydroxyl groups is 1. The van der Waals surface area contributed by atoms with Gasteiger partial charge in [-0.1, -0.05) is 26.7 Å². The lowest BCUT2D eigenvalue weighted by Crippen LogP contribution is -2.52. The van der Waals surface area contributed by atoms with Crippen LogP contribution in [0.4, 0.5) is 0 Å². The average Bonchev–Trinajstić information content (AvgIpc) is 2.28. The van der Waals surface area contributed by atoms with Crippen molar-refractivity contribution in [3.63, 3.8) is 0 Å². The highest BCUT2D eigenvalue weighted by atomic mass is 16.3. The standard InChI is InChI=1S/C13H26N2O2/c1-9(2)8-14-13(17)10(3)15-11-6-4-5-7-12(11)16/h9-12,15-16H,4-8H2,1-3H3,(H,14,17)/t10?,11-,12-/m1/s1. The summed E-state index contributed by atoms with van der Waals surface area (Å²) >= 11 is 0. The summed E-state index contributed by atoms with van der Waals surface area (Å²) in [6.07, 6.45) is 3.73. The van der Waals surface area contributed by atoms with E-state index in [1.807, 2.05) is 6.92 Å². The first-order chi connectivity index (χ1) is 8.00. The smallest absolute Gasteiger partial charge is 0.236 e. The largest absolute Gasteiger partial charge is 0.392 e. The van der Waals surface area contributed by atoms with Gasteiger partial charge in [-0.15, -0.1) is 0 Å². The van der Waals surface area contributed by atoms with Gasteiger partial charge in [-0.25, -0.2) is 0 Å². The normalized spacial score (nSPS) is 26.9. The molecule has 1 rings (SSSR count). The van der Waals surface area contributed by atoms with Gasteiger partial charge >= 0.3 is 0 Å². The molecule has 4 nitrogen and oxygen atoms in total. The number of carbonyl (C=O) groups excluding carboxylic acids is 1. The fourth-order valence-electron chi connectivity index (χ4n) is 2.16. The Morgan fingerprint density at radius 2 is 1.94 bits per heavy atom. The molecule has 17 heavy (non-hydrogen) atoms. The molecule has 1 aliphatic rings. The Bertz CT molecular complexity index is 244. The van der Waals surface area contributed by atoms with Crippen LogP contribution in [0.1, 0.15) is 46.5 Å². The van der Waals surface area contributed by atoms with Gasteiger partial charge in [-0.05, 0) is 25.7 Å². The maximum atomic E-state index is 11.8. The second-order valence-corrected chi connectivity index (χ2v) is 5.49. The van der Waals surface area contributed by atoms with Crippen LogP contribution in [0, 0.1) is 5.92 Å². The van der Waals surface area contributed by atoms with Crippen molar-refractivity contribution in [3.8, 4) is 0 Å². The molecule has 100 valence electrons. The molecule has 0 bridgehead atoms. The number of aliphatic hydroxyl groups excluding tert-OH is 1. The lowest BCUT2D eigenvalue weighted by molar-refractivity contribution is -0.123. The Kier molecular flexibility index (Phi) is 5.92. The number of nitrogens with one attached hydrogen (secondary N) is 2. The van der Waals surface area contributed by atoms with Gasteiger partial charge in [0.1, 0.15) is 0 Å². The van der Waals surface area contributed by atoms with Crippen LogP contribution in [0.3, 0.4) is 0 Å². The van der Waals surface area contributed by atoms with Crippen LogP contribution in [0.2, 0.25) is 0 Å². The SMILES string of the molecule is CC(C)CNC(=O)C(C)N[C@@H]1CCCC[C@H]1O. The number of amides is 1. The summed E-state index contributed by atoms with van der Waals surface area (Å²) in [6.45, 7) is 6.71. The van der Waals surface area contributed by atoms with Gasteiger partial charge in [-0.3, -0.25) is 4.79 Å². The van der Waals surface area contributed by atoms with Crippen molar-refractivity contribution in [2.75, 3.05) is 6.54 Å². The van der Waals surface area contributed by atoms with Gasteiger partial charge in [0, 0.05) is 12.6 Å². The molecule has 0 aromatic heterocycles. The van der Waals surface area contributed by atoms with E-state index in [0.29, 0.717) is 12.5 Å². The Hall–Kier alpha value is -0.610. The van der Waals surface area contributed by atoms with Crippen molar-refractivity contribution >= 4 is 5.91 Å². The van der Waals surface area contributed by atoms with E-state index < -0.39 is 0 Å². The quantitative estimate of drug-likeness (QED) is 0.675. The highest BCUT2D eigenvalue weighted by Crippen LogP contribution is 2.18. The van der Waals surface area contributed by atoms with Gasteiger partial charge < -0.3 is 15.7 Å². The van der Waals surface area contributed by atoms with Crippen molar-refractivity contribution in [2.45, 2.75) is 64.6 Å². The van der Waals surface area contributed by atoms with Crippen LogP contribution < -0.4 is 10.6 Å². The second-order valence-electron chi connectivity index (χ2n) is 5.49. The fraction of sp³-hybridized carbons (Fsp3) is 0.923. The number of rotatable bonds is 5. The van der Waals surface area contributed by atoms with E-state index in [2.05, 4.69) is 24.5 Å². The maximum Gasteiger partial charge on any atom is 0.236 e. The highest BCUT2D eigenvalue weighted by Gasteiger charge is 2.26. The zero-order valence-corrected chi connectivity index (χ0v) is 11.2. The van der Waals surface area contributed by atoms with Gasteiger partial charge in [0.15, 0.2) is 0 Å². The van der Waals surface area contributed by atoms with Crippen LogP contribution in [0.5, 0.6) is 0 Å². The molecule has 1 saturated carbocycles. The zero-order valence-electron chi connectivity index (χ0n) is 11.2. The topological polar surface area (TPSA) is 61.4 Å². The van der Waals surface area contributed by atoms with Crippen LogP contribution in [0.25, 0.3) is 0 Å². The first kappa shape index (κ1) is 14.5. The molecule has 1 amide bonds. The fourth-order valence-corrected chi connectivity index (χ4v) is 2.16. The minimum Gasteiger partial charge on any atom is -0.392 e. The molecule has 0 saturated heterocycles. The molecule has 0 aromatic carbocycles. The summed E-state index contributed by atoms with van der Waals surface area (Å²) in [5.74, 6) is 0.489. The average molecular weight is 242 g/mol. The third kappa shape index (κ3) is 5.04. The molecule has 1 aliphatic carbocycles. The van der Waals surface area contributed by atoms with Crippen molar-refractivity contribution in [1.29, 1.82) is 0 Å². The lowest BCUT2D eigenvalue weighted by Gasteiger charge is -2.30. The molecule has 3 atom stereocenters. The summed E-state index contributed by atoms with van der Waals surface area (Å²) in [4.78, 5) is 11.8. The van der Waals surface area contributed by atoms with E-state index in [-0.39, 0.29) is 24.1 Å². The zero-order chi connectivity index (χ0) is 12.8. The van der Waals surface area contributed by atoms with Crippen molar-refractivity contribution in [2.24, 2.45) is 5.92 Å². The monoisotopic (exact) mass is 242 g/mol. The molecule has 3 N–H and O–H groups in total. The summed E-state index contributed by atoms with van der Waals surface area (Å²) in [6, 6.07) is -0.157. The van der Waals surface area contributed by atoms with E-state index >= 15 is 0 Å². The van der Waals surface area contributed by atoms with Crippen molar-refractivity contribution in [3.05, 3.63) is 0 Å². The molecule has 0 aromatic rings.